The van der Waals surface area contributed by atoms with Gasteiger partial charge in [0, 0.05) is 39.1 Å². The number of ketones is 2. The third-order valence-electron chi connectivity index (χ3n) is 8.13. The number of carbonyl (C=O) groups excluding carboxylic acids is 4. The van der Waals surface area contributed by atoms with Gasteiger partial charge in [-0.2, -0.15) is 0 Å². The van der Waals surface area contributed by atoms with Crippen molar-refractivity contribution >= 4 is 40.9 Å². The summed E-state index contributed by atoms with van der Waals surface area (Å²) < 4.78 is 5.47. The van der Waals surface area contributed by atoms with Gasteiger partial charge in [0.05, 0.1) is 18.2 Å². The summed E-state index contributed by atoms with van der Waals surface area (Å²) in [7, 11) is 0. The fourth-order valence-corrected chi connectivity index (χ4v) is 6.53. The molecular weight excluding hydrogens is 550 g/mol. The maximum Gasteiger partial charge on any atom is 0.421 e. The number of imide groups is 1. The summed E-state index contributed by atoms with van der Waals surface area (Å²) >= 11 is 6.79. The monoisotopic (exact) mass is 577 g/mol. The SMILES string of the molecule is CCCCOC(=O)N1C(=O)[C@H]([C@@H](C(=O)c2ccccc2)C2c3ccccc3C(=O)c3ccccc32)c2c(Cl)cccc21. The first-order valence-corrected chi connectivity index (χ1v) is 14.4. The first-order valence-electron chi connectivity index (χ1n) is 14.0. The van der Waals surface area contributed by atoms with Gasteiger partial charge < -0.3 is 4.74 Å². The average molecular weight is 578 g/mol. The summed E-state index contributed by atoms with van der Waals surface area (Å²) in [4.78, 5) is 57.0. The molecule has 0 fully saturated rings. The van der Waals surface area contributed by atoms with Crippen LogP contribution in [0.15, 0.2) is 97.1 Å². The van der Waals surface area contributed by atoms with Crippen molar-refractivity contribution in [3.05, 3.63) is 135 Å². The summed E-state index contributed by atoms with van der Waals surface area (Å²) in [6.07, 6.45) is 0.669. The normalized spacial score (nSPS) is 16.4. The van der Waals surface area contributed by atoms with Crippen LogP contribution in [-0.2, 0) is 9.53 Å². The number of hydrogen-bond donors (Lipinski definition) is 0. The van der Waals surface area contributed by atoms with Gasteiger partial charge in [-0.05, 0) is 29.7 Å². The van der Waals surface area contributed by atoms with E-state index in [0.717, 1.165) is 11.3 Å². The van der Waals surface area contributed by atoms with Crippen molar-refractivity contribution < 1.29 is 23.9 Å². The quantitative estimate of drug-likeness (QED) is 0.167. The van der Waals surface area contributed by atoms with Gasteiger partial charge in [-0.25, -0.2) is 9.69 Å². The molecule has 0 unspecified atom stereocenters. The molecule has 6 nitrogen and oxygen atoms in total. The van der Waals surface area contributed by atoms with Crippen molar-refractivity contribution in [3.63, 3.8) is 0 Å². The molecule has 210 valence electrons. The highest BCUT2D eigenvalue weighted by Crippen LogP contribution is 2.53. The van der Waals surface area contributed by atoms with Crippen LogP contribution in [0, 0.1) is 5.92 Å². The van der Waals surface area contributed by atoms with Crippen molar-refractivity contribution in [2.24, 2.45) is 5.92 Å². The third kappa shape index (κ3) is 4.52. The lowest BCUT2D eigenvalue weighted by molar-refractivity contribution is -0.119. The standard InChI is InChI=1S/C35H28ClNO5/c1-2-3-20-42-35(41)37-27-19-11-18-26(36)29(27)31(34(37)40)30(32(38)21-12-5-4-6-13-21)28-22-14-7-9-16-24(22)33(39)25-17-10-8-15-23(25)28/h4-19,28,30-31H,2-3,20H2,1H3/t30-,31-/m0/s1. The Bertz CT molecular complexity index is 1670. The number of benzene rings is 4. The van der Waals surface area contributed by atoms with E-state index in [-0.39, 0.29) is 23.2 Å². The molecule has 4 aromatic carbocycles. The minimum atomic E-state index is -1.11. The van der Waals surface area contributed by atoms with Crippen LogP contribution in [0.1, 0.15) is 74.6 Å². The summed E-state index contributed by atoms with van der Waals surface area (Å²) in [5, 5.41) is 0.272. The maximum absolute atomic E-state index is 14.7. The molecule has 1 heterocycles. The molecule has 2 aliphatic rings. The number of unbranched alkanes of at least 4 members (excludes halogenated alkanes) is 1. The van der Waals surface area contributed by atoms with E-state index < -0.39 is 29.8 Å². The highest BCUT2D eigenvalue weighted by atomic mass is 35.5. The summed E-state index contributed by atoms with van der Waals surface area (Å²) in [6, 6.07) is 28.2. The Morgan fingerprint density at radius 1 is 0.810 bits per heavy atom. The molecule has 6 rings (SSSR count). The van der Waals surface area contributed by atoms with Crippen LogP contribution in [-0.4, -0.2) is 30.2 Å². The number of hydrogen-bond acceptors (Lipinski definition) is 5. The molecule has 0 radical (unpaired) electrons. The zero-order chi connectivity index (χ0) is 29.4. The zero-order valence-electron chi connectivity index (χ0n) is 23.0. The van der Waals surface area contributed by atoms with E-state index in [0.29, 0.717) is 45.5 Å². The molecule has 0 aromatic heterocycles. The van der Waals surface area contributed by atoms with Gasteiger partial charge in [-0.15, -0.1) is 0 Å². The highest BCUT2D eigenvalue weighted by Gasteiger charge is 2.53. The molecule has 0 saturated heterocycles. The molecular formula is C35H28ClNO5. The first kappa shape index (κ1) is 27.6. The Balaban J connectivity index is 1.59. The van der Waals surface area contributed by atoms with Gasteiger partial charge in [0.1, 0.15) is 0 Å². The van der Waals surface area contributed by atoms with Gasteiger partial charge in [0.2, 0.25) is 5.91 Å². The smallest absolute Gasteiger partial charge is 0.421 e. The van der Waals surface area contributed by atoms with Crippen LogP contribution in [0.25, 0.3) is 0 Å². The van der Waals surface area contributed by atoms with Gasteiger partial charge in [-0.3, -0.25) is 14.4 Å². The molecule has 42 heavy (non-hydrogen) atoms. The van der Waals surface area contributed by atoms with E-state index in [1.807, 2.05) is 37.3 Å². The average Bonchev–Trinajstić information content (AvgIpc) is 3.32. The molecule has 2 atom stereocenters. The van der Waals surface area contributed by atoms with E-state index in [1.54, 1.807) is 66.7 Å². The largest absolute Gasteiger partial charge is 0.449 e. The predicted octanol–water partition coefficient (Wildman–Crippen LogP) is 7.58. The number of Topliss-reactive ketones (excluding diaryl/α,β-unsaturated/α-hetero) is 1. The molecule has 1 aliphatic heterocycles. The number of ether oxygens (including phenoxy) is 1. The van der Waals surface area contributed by atoms with Gasteiger partial charge in [0.15, 0.2) is 11.6 Å². The second-order valence-electron chi connectivity index (χ2n) is 10.5. The van der Waals surface area contributed by atoms with Gasteiger partial charge in [-0.1, -0.05) is 110 Å². The Labute approximate surface area is 248 Å². The lowest BCUT2D eigenvalue weighted by Crippen LogP contribution is -2.41. The van der Waals surface area contributed by atoms with Crippen LogP contribution in [0.5, 0.6) is 0 Å². The van der Waals surface area contributed by atoms with Crippen molar-refractivity contribution in [2.45, 2.75) is 31.6 Å². The molecule has 0 N–H and O–H groups in total. The van der Waals surface area contributed by atoms with Crippen LogP contribution >= 0.6 is 11.6 Å². The fraction of sp³-hybridized carbons (Fsp3) is 0.200. The van der Waals surface area contributed by atoms with Gasteiger partial charge in [0.25, 0.3) is 0 Å². The number of rotatable bonds is 7. The number of anilines is 1. The molecule has 0 bridgehead atoms. The van der Waals surface area contributed by atoms with Crippen molar-refractivity contribution in [2.75, 3.05) is 11.5 Å². The van der Waals surface area contributed by atoms with Crippen LogP contribution in [0.3, 0.4) is 0 Å². The molecule has 4 aromatic rings. The van der Waals surface area contributed by atoms with Gasteiger partial charge >= 0.3 is 6.09 Å². The van der Waals surface area contributed by atoms with E-state index in [4.69, 9.17) is 16.3 Å². The number of carbonyl (C=O) groups is 4. The fourth-order valence-electron chi connectivity index (χ4n) is 6.24. The second-order valence-corrected chi connectivity index (χ2v) is 10.9. The molecule has 2 amide bonds. The van der Waals surface area contributed by atoms with E-state index in [9.17, 15) is 19.2 Å². The Hall–Kier alpha value is -4.55. The lowest BCUT2D eigenvalue weighted by Gasteiger charge is -2.35. The zero-order valence-corrected chi connectivity index (χ0v) is 23.7. The minimum Gasteiger partial charge on any atom is -0.449 e. The minimum absolute atomic E-state index is 0.138. The maximum atomic E-state index is 14.7. The second kappa shape index (κ2) is 11.4. The molecule has 1 aliphatic carbocycles. The topological polar surface area (TPSA) is 80.8 Å². The van der Waals surface area contributed by atoms with Crippen molar-refractivity contribution in [1.82, 2.24) is 0 Å². The molecule has 0 spiro atoms. The van der Waals surface area contributed by atoms with Crippen molar-refractivity contribution in [3.8, 4) is 0 Å². The number of nitrogens with zero attached hydrogens (tertiary/aromatic N) is 1. The van der Waals surface area contributed by atoms with Crippen LogP contribution in [0.4, 0.5) is 10.5 Å². The Morgan fingerprint density at radius 3 is 2.07 bits per heavy atom. The molecule has 7 heteroatoms. The summed E-state index contributed by atoms with van der Waals surface area (Å²) in [5.41, 5.74) is 3.39. The van der Waals surface area contributed by atoms with Crippen LogP contribution in [0.2, 0.25) is 5.02 Å². The number of halogens is 1. The van der Waals surface area contributed by atoms with E-state index in [2.05, 4.69) is 0 Å². The lowest BCUT2D eigenvalue weighted by atomic mass is 9.65. The number of fused-ring (bicyclic) bond motifs is 3. The Morgan fingerprint density at radius 2 is 1.43 bits per heavy atom. The van der Waals surface area contributed by atoms with Crippen LogP contribution < -0.4 is 4.90 Å². The van der Waals surface area contributed by atoms with E-state index in [1.165, 1.54) is 0 Å². The summed E-state index contributed by atoms with van der Waals surface area (Å²) in [5.74, 6) is -3.81. The first-order chi connectivity index (χ1) is 20.4. The third-order valence-corrected chi connectivity index (χ3v) is 8.46. The number of amides is 2. The highest BCUT2D eigenvalue weighted by molar-refractivity contribution is 6.34. The summed E-state index contributed by atoms with van der Waals surface area (Å²) in [6.45, 7) is 2.14. The predicted molar refractivity (Wildman–Crippen MR) is 160 cm³/mol. The Kier molecular flexibility index (Phi) is 7.48. The van der Waals surface area contributed by atoms with Crippen molar-refractivity contribution in [1.29, 1.82) is 0 Å². The van der Waals surface area contributed by atoms with E-state index >= 15 is 0 Å². The molecule has 0 saturated carbocycles.